The number of esters is 2. The van der Waals surface area contributed by atoms with Crippen LogP contribution in [0.4, 0.5) is 46.0 Å². The van der Waals surface area contributed by atoms with Gasteiger partial charge in [0.2, 0.25) is 11.9 Å². The van der Waals surface area contributed by atoms with Crippen molar-refractivity contribution >= 4 is 79.8 Å². The van der Waals surface area contributed by atoms with Crippen LogP contribution in [0.25, 0.3) is 44.3 Å². The molecule has 8 rings (SSSR count). The Morgan fingerprint density at radius 3 is 1.54 bits per heavy atom. The Morgan fingerprint density at radius 2 is 1.11 bits per heavy atom. The van der Waals surface area contributed by atoms with Crippen LogP contribution in [-0.4, -0.2) is 85.3 Å². The molecule has 4 N–H and O–H groups in total. The number of aryl methyl sites for hydroxylation is 4. The van der Waals surface area contributed by atoms with Gasteiger partial charge in [0.05, 0.1) is 45.6 Å². The number of carbonyl (C=O) groups is 2. The lowest BCUT2D eigenvalue weighted by atomic mass is 10.1. The van der Waals surface area contributed by atoms with Crippen LogP contribution in [0.1, 0.15) is 86.2 Å². The molecule has 0 aliphatic heterocycles. The molecule has 0 aliphatic rings. The number of anilines is 7. The van der Waals surface area contributed by atoms with Crippen molar-refractivity contribution in [1.29, 1.82) is 0 Å². The van der Waals surface area contributed by atoms with Crippen molar-refractivity contribution < 1.29 is 24.0 Å². The van der Waals surface area contributed by atoms with Crippen molar-refractivity contribution in [2.24, 2.45) is 14.1 Å². The van der Waals surface area contributed by atoms with Gasteiger partial charge in [-0.3, -0.25) is 10.1 Å². The summed E-state index contributed by atoms with van der Waals surface area (Å²) in [5.41, 5.74) is 16.8. The van der Waals surface area contributed by atoms with Crippen LogP contribution < -0.4 is 26.2 Å². The van der Waals surface area contributed by atoms with Gasteiger partial charge in [0.15, 0.2) is 0 Å². The number of fused-ring (bicyclic) bond motifs is 2. The van der Waals surface area contributed by atoms with E-state index in [0.717, 1.165) is 74.8 Å². The number of benzene rings is 4. The molecule has 0 aliphatic carbocycles. The van der Waals surface area contributed by atoms with Gasteiger partial charge in [-0.05, 0) is 95.8 Å². The van der Waals surface area contributed by atoms with Crippen molar-refractivity contribution in [2.75, 3.05) is 53.4 Å². The minimum Gasteiger partial charge on any atom is -0.459 e. The van der Waals surface area contributed by atoms with E-state index in [-0.39, 0.29) is 34.3 Å². The normalized spacial score (nSPS) is 11.2. The maximum Gasteiger partial charge on any atom is 0.342 e. The van der Waals surface area contributed by atoms with Gasteiger partial charge >= 0.3 is 11.9 Å². The summed E-state index contributed by atoms with van der Waals surface area (Å²) in [6.07, 6.45) is 8.18. The first-order valence-corrected chi connectivity index (χ1v) is 24.7. The number of nitrogen functional groups attached to an aromatic ring is 1. The minimum atomic E-state index is -0.524. The van der Waals surface area contributed by atoms with E-state index in [1.165, 1.54) is 18.5 Å². The molecular formula is C56H66N12O6. The molecule has 0 unspecified atom stereocenters. The van der Waals surface area contributed by atoms with E-state index in [9.17, 15) is 19.7 Å². The first kappa shape index (κ1) is 53.3. The van der Waals surface area contributed by atoms with Crippen molar-refractivity contribution in [1.82, 2.24) is 29.1 Å². The molecule has 0 bridgehead atoms. The number of nitro groups is 1. The van der Waals surface area contributed by atoms with Crippen LogP contribution in [0.5, 0.6) is 0 Å². The topological polar surface area (TPSA) is 214 Å². The van der Waals surface area contributed by atoms with Crippen LogP contribution in [0, 0.1) is 24.0 Å². The molecule has 8 aromatic rings. The molecule has 0 saturated carbocycles. The van der Waals surface area contributed by atoms with E-state index in [1.807, 2.05) is 144 Å². The molecule has 74 heavy (non-hydrogen) atoms. The third kappa shape index (κ3) is 11.7. The quantitative estimate of drug-likeness (QED) is 0.0335. The van der Waals surface area contributed by atoms with Gasteiger partial charge in [0.25, 0.3) is 5.69 Å². The third-order valence-corrected chi connectivity index (χ3v) is 12.3. The molecule has 0 atom stereocenters. The monoisotopic (exact) mass is 1000 g/mol. The van der Waals surface area contributed by atoms with Gasteiger partial charge in [-0.15, -0.1) is 0 Å². The molecule has 4 aromatic heterocycles. The van der Waals surface area contributed by atoms with Gasteiger partial charge in [0, 0.05) is 111 Å². The highest BCUT2D eigenvalue weighted by molar-refractivity contribution is 6.04. The molecule has 0 radical (unpaired) electrons. The predicted octanol–water partition coefficient (Wildman–Crippen LogP) is 11.7. The number of aromatic nitrogens is 6. The van der Waals surface area contributed by atoms with E-state index in [1.54, 1.807) is 19.9 Å². The minimum absolute atomic E-state index is 0.0135. The standard InChI is InChI=1S/C28H32N6O4.C28H34N6O2/c1-7-12-32(5)24-13-18(4)22(14-25(24)34(36)37)30-28-29-15-20(27(35)38-17(2)3)26(31-28)21-16-33(6)23-11-9-8-10-19(21)23;1-7-12-33(5)25-13-18(4)23(14-22(25)29)31-28-30-15-20(27(35)36-17(2)3)26(32-28)21-16-34(6)24-11-9-8-10-19(21)24/h8-11,13-17H,7,12H2,1-6H3,(H,29,30,31);8-11,13-17H,7,12,29H2,1-6H3,(H,30,31,32). The van der Waals surface area contributed by atoms with Gasteiger partial charge in [-0.25, -0.2) is 29.5 Å². The molecule has 0 saturated heterocycles. The zero-order chi connectivity index (χ0) is 53.5. The Labute approximate surface area is 431 Å². The lowest BCUT2D eigenvalue weighted by Gasteiger charge is -2.22. The van der Waals surface area contributed by atoms with E-state index >= 15 is 0 Å². The summed E-state index contributed by atoms with van der Waals surface area (Å²) < 4.78 is 15.0. The van der Waals surface area contributed by atoms with E-state index in [4.69, 9.17) is 25.2 Å². The van der Waals surface area contributed by atoms with Crippen LogP contribution in [-0.2, 0) is 23.6 Å². The number of nitro benzene ring substituents is 1. The summed E-state index contributed by atoms with van der Waals surface area (Å²) in [4.78, 5) is 59.8. The summed E-state index contributed by atoms with van der Waals surface area (Å²) in [5, 5.41) is 20.2. The molecule has 4 aromatic carbocycles. The molecule has 18 nitrogen and oxygen atoms in total. The molecule has 18 heteroatoms. The number of rotatable bonds is 17. The Bertz CT molecular complexity index is 3360. The second-order valence-electron chi connectivity index (χ2n) is 18.9. The van der Waals surface area contributed by atoms with E-state index < -0.39 is 11.9 Å². The fourth-order valence-electron chi connectivity index (χ4n) is 8.80. The Morgan fingerprint density at radius 1 is 0.689 bits per heavy atom. The van der Waals surface area contributed by atoms with Crippen molar-refractivity contribution in [3.63, 3.8) is 0 Å². The SMILES string of the molecule is CCCN(C)c1cc(C)c(Nc2ncc(C(=O)OC(C)C)c(-c3cn(C)c4ccccc34)n2)cc1N.CCCN(C)c1cc(C)c(Nc2ncc(C(=O)OC(C)C)c(-c3cn(C)c4ccccc34)n2)cc1[N+](=O)[O-]. The number of hydrogen-bond acceptors (Lipinski definition) is 15. The summed E-state index contributed by atoms with van der Waals surface area (Å²) in [6.45, 7) is 16.9. The largest absolute Gasteiger partial charge is 0.459 e. The second kappa shape index (κ2) is 22.9. The van der Waals surface area contributed by atoms with Gasteiger partial charge in [-0.1, -0.05) is 50.2 Å². The van der Waals surface area contributed by atoms with Crippen LogP contribution in [0.3, 0.4) is 0 Å². The Balaban J connectivity index is 0.000000217. The number of nitrogens with zero attached hydrogens (tertiary/aromatic N) is 9. The smallest absolute Gasteiger partial charge is 0.342 e. The zero-order valence-corrected chi connectivity index (χ0v) is 44.3. The summed E-state index contributed by atoms with van der Waals surface area (Å²) in [6, 6.07) is 23.1. The van der Waals surface area contributed by atoms with Gasteiger partial charge in [-0.2, -0.15) is 0 Å². The van der Waals surface area contributed by atoms with Gasteiger partial charge < -0.3 is 44.8 Å². The van der Waals surface area contributed by atoms with E-state index in [0.29, 0.717) is 46.5 Å². The first-order valence-electron chi connectivity index (χ1n) is 24.7. The Hall–Kier alpha value is -8.54. The highest BCUT2D eigenvalue weighted by Crippen LogP contribution is 2.38. The van der Waals surface area contributed by atoms with Crippen LogP contribution >= 0.6 is 0 Å². The first-order chi connectivity index (χ1) is 35.3. The molecule has 0 fully saturated rings. The average molecular weight is 1000 g/mol. The highest BCUT2D eigenvalue weighted by Gasteiger charge is 2.25. The summed E-state index contributed by atoms with van der Waals surface area (Å²) >= 11 is 0. The molecule has 0 amide bonds. The molecule has 0 spiro atoms. The fourth-order valence-corrected chi connectivity index (χ4v) is 8.80. The maximum atomic E-state index is 13.0. The number of hydrogen-bond donors (Lipinski definition) is 3. The van der Waals surface area contributed by atoms with Gasteiger partial charge in [0.1, 0.15) is 16.8 Å². The average Bonchev–Trinajstić information content (AvgIpc) is 3.88. The van der Waals surface area contributed by atoms with Crippen LogP contribution in [0.2, 0.25) is 0 Å². The number of carbonyl (C=O) groups excluding carboxylic acids is 2. The Kier molecular flexibility index (Phi) is 16.5. The predicted molar refractivity (Wildman–Crippen MR) is 296 cm³/mol. The lowest BCUT2D eigenvalue weighted by Crippen LogP contribution is -2.19. The number of para-hydroxylation sites is 2. The van der Waals surface area contributed by atoms with Crippen molar-refractivity contribution in [3.05, 3.63) is 130 Å². The molecular weight excluding hydrogens is 937 g/mol. The fraction of sp³-hybridized carbons (Fsp3) is 0.321. The third-order valence-electron chi connectivity index (χ3n) is 12.3. The van der Waals surface area contributed by atoms with Crippen LogP contribution in [0.15, 0.2) is 97.6 Å². The molecule has 4 heterocycles. The van der Waals surface area contributed by atoms with Crippen molar-refractivity contribution in [2.45, 2.75) is 80.4 Å². The summed E-state index contributed by atoms with van der Waals surface area (Å²) in [5.74, 6) is -0.398. The maximum absolute atomic E-state index is 13.0. The lowest BCUT2D eigenvalue weighted by molar-refractivity contribution is -0.384. The highest BCUT2D eigenvalue weighted by atomic mass is 16.6. The van der Waals surface area contributed by atoms with Crippen molar-refractivity contribution in [3.8, 4) is 22.5 Å². The number of nitrogens with one attached hydrogen (secondary N) is 2. The molecule has 386 valence electrons. The zero-order valence-electron chi connectivity index (χ0n) is 44.3. The summed E-state index contributed by atoms with van der Waals surface area (Å²) in [7, 11) is 7.78. The second-order valence-corrected chi connectivity index (χ2v) is 18.9. The number of ether oxygens (including phenoxy) is 2. The number of nitrogens with two attached hydrogens (primary N) is 1. The van der Waals surface area contributed by atoms with E-state index in [2.05, 4.69) is 38.5 Å².